The molecule has 0 aromatic heterocycles. The van der Waals surface area contributed by atoms with Gasteiger partial charge in [-0.15, -0.1) is 11.6 Å². The van der Waals surface area contributed by atoms with Crippen molar-refractivity contribution in [2.45, 2.75) is 12.6 Å². The zero-order valence-electron chi connectivity index (χ0n) is 19.4. The van der Waals surface area contributed by atoms with Crippen molar-refractivity contribution in [2.24, 2.45) is 10.9 Å². The largest absolute Gasteiger partial charge is 0.361 e. The molecule has 4 nitrogen and oxygen atoms in total. The van der Waals surface area contributed by atoms with Crippen molar-refractivity contribution < 1.29 is 13.6 Å². The van der Waals surface area contributed by atoms with Gasteiger partial charge in [-0.05, 0) is 53.6 Å². The van der Waals surface area contributed by atoms with Gasteiger partial charge in [-0.25, -0.2) is 13.8 Å². The average Bonchev–Trinajstić information content (AvgIpc) is 3.03. The van der Waals surface area contributed by atoms with Gasteiger partial charge < -0.3 is 10.2 Å². The molecule has 5 rings (SSSR count). The number of nitrogens with zero attached hydrogens (tertiary/aromatic N) is 2. The summed E-state index contributed by atoms with van der Waals surface area (Å²) in [6.07, 6.45) is 8.21. The summed E-state index contributed by atoms with van der Waals surface area (Å²) < 4.78 is 26.9. The molecule has 7 heteroatoms. The number of nitrogens with one attached hydrogen (secondary N) is 1. The van der Waals surface area contributed by atoms with Crippen LogP contribution in [0.3, 0.4) is 0 Å². The minimum absolute atomic E-state index is 0.0306. The van der Waals surface area contributed by atoms with Crippen LogP contribution in [0.15, 0.2) is 96.0 Å². The van der Waals surface area contributed by atoms with Crippen molar-refractivity contribution in [1.82, 2.24) is 5.32 Å². The SMILES string of the molecule is O=C(NCc1ccc(F)cc1)c1ccc2c(c1)N=C(c1ccc(F)cc1)C1C=CC=CC1N2CCCl. The second-order valence-corrected chi connectivity index (χ2v) is 9.06. The Bertz CT molecular complexity index is 1350. The van der Waals surface area contributed by atoms with Crippen molar-refractivity contribution in [1.29, 1.82) is 0 Å². The van der Waals surface area contributed by atoms with E-state index >= 15 is 0 Å². The van der Waals surface area contributed by atoms with Gasteiger partial charge in [0.25, 0.3) is 5.91 Å². The standard InChI is InChI=1S/C29H24ClF2N3O/c30-15-16-35-26-4-2-1-3-24(26)28(20-7-12-23(32)13-8-20)34-25-17-21(9-14-27(25)35)29(36)33-18-19-5-10-22(31)11-6-19/h1-14,17,24,26H,15-16,18H2,(H,33,36). The molecule has 36 heavy (non-hydrogen) atoms. The smallest absolute Gasteiger partial charge is 0.251 e. The fraction of sp³-hybridized carbons (Fsp3) is 0.172. The number of rotatable bonds is 6. The molecule has 1 amide bonds. The van der Waals surface area contributed by atoms with Crippen LogP contribution < -0.4 is 10.2 Å². The van der Waals surface area contributed by atoms with E-state index in [4.69, 9.17) is 16.6 Å². The molecular weight excluding hydrogens is 480 g/mol. The Labute approximate surface area is 213 Å². The summed E-state index contributed by atoms with van der Waals surface area (Å²) in [6, 6.07) is 17.7. The van der Waals surface area contributed by atoms with E-state index in [0.717, 1.165) is 22.5 Å². The number of carbonyl (C=O) groups is 1. The first-order valence-corrected chi connectivity index (χ1v) is 12.3. The van der Waals surface area contributed by atoms with Crippen LogP contribution in [0.4, 0.5) is 20.2 Å². The number of carbonyl (C=O) groups excluding carboxylic acids is 1. The maximum atomic E-state index is 13.7. The Kier molecular flexibility index (Phi) is 6.96. The molecule has 0 saturated heterocycles. The number of anilines is 1. The fourth-order valence-corrected chi connectivity index (χ4v) is 4.82. The number of benzene rings is 3. The molecule has 182 valence electrons. The first-order valence-electron chi connectivity index (χ1n) is 11.7. The van der Waals surface area contributed by atoms with Gasteiger partial charge in [0, 0.05) is 30.5 Å². The van der Waals surface area contributed by atoms with Crippen LogP contribution in [0, 0.1) is 17.6 Å². The minimum Gasteiger partial charge on any atom is -0.361 e. The molecule has 2 aliphatic rings. The van der Waals surface area contributed by atoms with Crippen LogP contribution in [0.1, 0.15) is 21.5 Å². The molecule has 0 fully saturated rings. The molecule has 1 heterocycles. The van der Waals surface area contributed by atoms with Crippen molar-refractivity contribution in [3.05, 3.63) is 119 Å². The second kappa shape index (κ2) is 10.5. The molecule has 0 radical (unpaired) electrons. The topological polar surface area (TPSA) is 44.7 Å². The van der Waals surface area contributed by atoms with E-state index in [0.29, 0.717) is 23.7 Å². The summed E-state index contributed by atoms with van der Waals surface area (Å²) in [5.74, 6) is -0.547. The van der Waals surface area contributed by atoms with Crippen LogP contribution in [0.2, 0.25) is 0 Å². The summed E-state index contributed by atoms with van der Waals surface area (Å²) >= 11 is 6.20. The predicted molar refractivity (Wildman–Crippen MR) is 140 cm³/mol. The van der Waals surface area contributed by atoms with Gasteiger partial charge in [-0.2, -0.15) is 0 Å². The van der Waals surface area contributed by atoms with Gasteiger partial charge in [0.1, 0.15) is 11.6 Å². The third-order valence-corrected chi connectivity index (χ3v) is 6.57. The Morgan fingerprint density at radius 2 is 1.64 bits per heavy atom. The van der Waals surface area contributed by atoms with E-state index in [-0.39, 0.29) is 36.0 Å². The maximum Gasteiger partial charge on any atom is 0.251 e. The monoisotopic (exact) mass is 503 g/mol. The van der Waals surface area contributed by atoms with E-state index in [1.54, 1.807) is 36.4 Å². The number of hydrogen-bond acceptors (Lipinski definition) is 3. The first-order chi connectivity index (χ1) is 17.5. The molecular formula is C29H24ClF2N3O. The van der Waals surface area contributed by atoms with E-state index in [1.807, 2.05) is 18.2 Å². The molecule has 0 spiro atoms. The third-order valence-electron chi connectivity index (χ3n) is 6.40. The summed E-state index contributed by atoms with van der Waals surface area (Å²) in [5, 5.41) is 2.88. The number of amides is 1. The average molecular weight is 504 g/mol. The summed E-state index contributed by atoms with van der Waals surface area (Å²) in [4.78, 5) is 20.2. The lowest BCUT2D eigenvalue weighted by Gasteiger charge is -2.35. The van der Waals surface area contributed by atoms with Crippen LogP contribution >= 0.6 is 11.6 Å². The van der Waals surface area contributed by atoms with E-state index in [1.165, 1.54) is 24.3 Å². The van der Waals surface area contributed by atoms with Crippen molar-refractivity contribution >= 4 is 34.6 Å². The van der Waals surface area contributed by atoms with E-state index in [2.05, 4.69) is 22.4 Å². The molecule has 0 bridgehead atoms. The van der Waals surface area contributed by atoms with Crippen molar-refractivity contribution in [3.8, 4) is 0 Å². The zero-order chi connectivity index (χ0) is 25.1. The number of fused-ring (bicyclic) bond motifs is 2. The van der Waals surface area contributed by atoms with Crippen LogP contribution in [-0.4, -0.2) is 30.1 Å². The summed E-state index contributed by atoms with van der Waals surface area (Å²) in [6.45, 7) is 0.870. The molecule has 2 atom stereocenters. The van der Waals surface area contributed by atoms with Gasteiger partial charge in [0.15, 0.2) is 0 Å². The molecule has 1 aliphatic carbocycles. The van der Waals surface area contributed by atoms with Gasteiger partial charge in [0.2, 0.25) is 0 Å². The third kappa shape index (κ3) is 4.95. The van der Waals surface area contributed by atoms with Crippen molar-refractivity contribution in [3.63, 3.8) is 0 Å². The predicted octanol–water partition coefficient (Wildman–Crippen LogP) is 6.19. The van der Waals surface area contributed by atoms with Crippen LogP contribution in [0.5, 0.6) is 0 Å². The van der Waals surface area contributed by atoms with Crippen LogP contribution in [-0.2, 0) is 6.54 Å². The lowest BCUT2D eigenvalue weighted by molar-refractivity contribution is 0.0951. The summed E-state index contributed by atoms with van der Waals surface area (Å²) in [7, 11) is 0. The van der Waals surface area contributed by atoms with Gasteiger partial charge in [-0.1, -0.05) is 48.6 Å². The van der Waals surface area contributed by atoms with Gasteiger partial charge in [-0.3, -0.25) is 4.79 Å². The normalized spacial score (nSPS) is 18.2. The van der Waals surface area contributed by atoms with E-state index < -0.39 is 0 Å². The molecule has 2 unspecified atom stereocenters. The highest BCUT2D eigenvalue weighted by Gasteiger charge is 2.34. The minimum atomic E-state index is -0.322. The molecule has 3 aromatic rings. The van der Waals surface area contributed by atoms with Gasteiger partial charge >= 0.3 is 0 Å². The molecule has 1 aliphatic heterocycles. The molecule has 3 aromatic carbocycles. The number of halogens is 3. The Balaban J connectivity index is 1.53. The highest BCUT2D eigenvalue weighted by Crippen LogP contribution is 2.39. The summed E-state index contributed by atoms with van der Waals surface area (Å²) in [5.41, 5.74) is 4.38. The lowest BCUT2D eigenvalue weighted by Crippen LogP contribution is -2.43. The highest BCUT2D eigenvalue weighted by atomic mass is 35.5. The number of hydrogen-bond donors (Lipinski definition) is 1. The van der Waals surface area contributed by atoms with E-state index in [9.17, 15) is 13.6 Å². The maximum absolute atomic E-state index is 13.7. The Morgan fingerprint density at radius 3 is 2.36 bits per heavy atom. The molecule has 1 N–H and O–H groups in total. The lowest BCUT2D eigenvalue weighted by atomic mass is 9.86. The van der Waals surface area contributed by atoms with Crippen LogP contribution in [0.25, 0.3) is 0 Å². The Hall–Kier alpha value is -3.77. The van der Waals surface area contributed by atoms with Gasteiger partial charge in [0.05, 0.1) is 23.1 Å². The quantitative estimate of drug-likeness (QED) is 0.408. The fourth-order valence-electron chi connectivity index (χ4n) is 4.63. The second-order valence-electron chi connectivity index (χ2n) is 8.69. The number of aliphatic imine (C=N–C) groups is 1. The first kappa shape index (κ1) is 23.9. The molecule has 0 saturated carbocycles. The van der Waals surface area contributed by atoms with Crippen molar-refractivity contribution in [2.75, 3.05) is 17.3 Å². The number of allylic oxidation sites excluding steroid dienone is 2. The highest BCUT2D eigenvalue weighted by molar-refractivity contribution is 6.18. The Morgan fingerprint density at radius 1 is 0.944 bits per heavy atom. The zero-order valence-corrected chi connectivity index (χ0v) is 20.1. The number of alkyl halides is 1.